The van der Waals surface area contributed by atoms with Crippen molar-refractivity contribution in [2.75, 3.05) is 10.2 Å². The largest absolute Gasteiger partial charge is 0.337 e. The summed E-state index contributed by atoms with van der Waals surface area (Å²) in [6.07, 6.45) is 3.32. The number of aryl methyl sites for hydroxylation is 1. The SMILES string of the molecule is Cc1cccc(N2C(=O)/C(=C/c3cn(CC(=O)Nc4ccccc4)c4ccccc34)C(=O)NC2=S)c1. The van der Waals surface area contributed by atoms with E-state index in [0.29, 0.717) is 16.9 Å². The Balaban J connectivity index is 1.49. The molecule has 0 bridgehead atoms. The standard InChI is InChI=1S/C28H22N4O3S/c1-18-8-7-11-21(14-18)32-27(35)23(26(34)30-28(32)36)15-19-16-31(24-13-6-5-12-22(19)24)17-25(33)29-20-9-3-2-4-10-20/h2-16H,17H2,1H3,(H,29,33)(H,30,34,36)/b23-15+. The molecule has 36 heavy (non-hydrogen) atoms. The second kappa shape index (κ2) is 9.59. The second-order valence-electron chi connectivity index (χ2n) is 8.44. The van der Waals surface area contributed by atoms with Crippen LogP contribution in [0.15, 0.2) is 90.6 Å². The molecular formula is C28H22N4O3S. The van der Waals surface area contributed by atoms with Crippen LogP contribution in [0, 0.1) is 6.92 Å². The summed E-state index contributed by atoms with van der Waals surface area (Å²) in [6, 6.07) is 24.1. The van der Waals surface area contributed by atoms with Crippen molar-refractivity contribution >= 4 is 63.4 Å². The van der Waals surface area contributed by atoms with E-state index in [1.807, 2.05) is 79.7 Å². The summed E-state index contributed by atoms with van der Waals surface area (Å²) in [5.41, 5.74) is 3.66. The number of anilines is 2. The highest BCUT2D eigenvalue weighted by molar-refractivity contribution is 7.80. The number of carbonyl (C=O) groups is 3. The number of nitrogens with one attached hydrogen (secondary N) is 2. The quantitative estimate of drug-likeness (QED) is 0.244. The summed E-state index contributed by atoms with van der Waals surface area (Å²) in [5, 5.41) is 6.35. The molecule has 3 amide bonds. The maximum absolute atomic E-state index is 13.4. The van der Waals surface area contributed by atoms with Gasteiger partial charge in [-0.15, -0.1) is 0 Å². The highest BCUT2D eigenvalue weighted by Crippen LogP contribution is 2.27. The van der Waals surface area contributed by atoms with Crippen molar-refractivity contribution < 1.29 is 14.4 Å². The van der Waals surface area contributed by atoms with Gasteiger partial charge in [-0.25, -0.2) is 0 Å². The monoisotopic (exact) mass is 494 g/mol. The summed E-state index contributed by atoms with van der Waals surface area (Å²) in [6.45, 7) is 1.98. The summed E-state index contributed by atoms with van der Waals surface area (Å²) in [4.78, 5) is 40.3. The zero-order valence-corrected chi connectivity index (χ0v) is 20.2. The fourth-order valence-electron chi connectivity index (χ4n) is 4.21. The fourth-order valence-corrected chi connectivity index (χ4v) is 4.49. The number of fused-ring (bicyclic) bond motifs is 1. The van der Waals surface area contributed by atoms with Crippen LogP contribution in [0.3, 0.4) is 0 Å². The molecule has 1 aromatic heterocycles. The number of benzene rings is 3. The van der Waals surface area contributed by atoms with Crippen LogP contribution in [-0.4, -0.2) is 27.4 Å². The predicted molar refractivity (Wildman–Crippen MR) is 144 cm³/mol. The minimum absolute atomic E-state index is 0.0350. The number of aromatic nitrogens is 1. The third-order valence-corrected chi connectivity index (χ3v) is 6.14. The zero-order chi connectivity index (χ0) is 25.2. The Morgan fingerprint density at radius 3 is 2.53 bits per heavy atom. The molecule has 2 heterocycles. The van der Waals surface area contributed by atoms with Crippen LogP contribution in [0.25, 0.3) is 17.0 Å². The highest BCUT2D eigenvalue weighted by Gasteiger charge is 2.34. The van der Waals surface area contributed by atoms with Gasteiger partial charge in [-0.3, -0.25) is 24.6 Å². The molecule has 0 saturated carbocycles. The first-order valence-electron chi connectivity index (χ1n) is 11.3. The molecule has 178 valence electrons. The zero-order valence-electron chi connectivity index (χ0n) is 19.4. The van der Waals surface area contributed by atoms with Crippen LogP contribution in [0.5, 0.6) is 0 Å². The summed E-state index contributed by atoms with van der Waals surface area (Å²) in [7, 11) is 0. The van der Waals surface area contributed by atoms with Gasteiger partial charge < -0.3 is 9.88 Å². The number of thiocarbonyl (C=S) groups is 1. The van der Waals surface area contributed by atoms with Crippen molar-refractivity contribution in [1.29, 1.82) is 0 Å². The first-order valence-corrected chi connectivity index (χ1v) is 11.7. The molecule has 1 aliphatic heterocycles. The third kappa shape index (κ3) is 4.54. The van der Waals surface area contributed by atoms with Gasteiger partial charge in [-0.05, 0) is 61.1 Å². The molecule has 0 atom stereocenters. The van der Waals surface area contributed by atoms with Crippen LogP contribution in [-0.2, 0) is 20.9 Å². The van der Waals surface area contributed by atoms with Crippen molar-refractivity contribution in [3.8, 4) is 0 Å². The summed E-state index contributed by atoms with van der Waals surface area (Å²) in [5.74, 6) is -1.26. The molecule has 1 saturated heterocycles. The Morgan fingerprint density at radius 1 is 1.00 bits per heavy atom. The molecule has 1 fully saturated rings. The molecule has 1 aliphatic rings. The fraction of sp³-hybridized carbons (Fsp3) is 0.0714. The number of hydrogen-bond donors (Lipinski definition) is 2. The number of para-hydroxylation sites is 2. The molecule has 8 heteroatoms. The van der Waals surface area contributed by atoms with E-state index >= 15 is 0 Å². The van der Waals surface area contributed by atoms with Crippen molar-refractivity contribution in [3.05, 3.63) is 102 Å². The lowest BCUT2D eigenvalue weighted by molar-refractivity contribution is -0.122. The van der Waals surface area contributed by atoms with E-state index in [-0.39, 0.29) is 23.1 Å². The number of nitrogens with zero attached hydrogens (tertiary/aromatic N) is 2. The van der Waals surface area contributed by atoms with E-state index in [9.17, 15) is 14.4 Å². The van der Waals surface area contributed by atoms with Crippen LogP contribution in [0.4, 0.5) is 11.4 Å². The molecule has 7 nitrogen and oxygen atoms in total. The summed E-state index contributed by atoms with van der Waals surface area (Å²) < 4.78 is 1.80. The minimum Gasteiger partial charge on any atom is -0.337 e. The van der Waals surface area contributed by atoms with Gasteiger partial charge in [0.05, 0.1) is 5.69 Å². The first kappa shape index (κ1) is 23.2. The first-order chi connectivity index (χ1) is 17.4. The maximum atomic E-state index is 13.4. The van der Waals surface area contributed by atoms with Crippen molar-refractivity contribution in [2.45, 2.75) is 13.5 Å². The van der Waals surface area contributed by atoms with Crippen molar-refractivity contribution in [2.24, 2.45) is 0 Å². The molecule has 4 aromatic rings. The Labute approximate surface area is 213 Å². The summed E-state index contributed by atoms with van der Waals surface area (Å²) >= 11 is 5.30. The maximum Gasteiger partial charge on any atom is 0.270 e. The third-order valence-electron chi connectivity index (χ3n) is 5.85. The van der Waals surface area contributed by atoms with Gasteiger partial charge in [0.15, 0.2) is 5.11 Å². The van der Waals surface area contributed by atoms with Gasteiger partial charge in [0.25, 0.3) is 11.8 Å². The van der Waals surface area contributed by atoms with E-state index in [0.717, 1.165) is 16.5 Å². The Kier molecular flexibility index (Phi) is 6.18. The molecule has 2 N–H and O–H groups in total. The molecule has 0 radical (unpaired) electrons. The van der Waals surface area contributed by atoms with Gasteiger partial charge in [-0.1, -0.05) is 48.5 Å². The lowest BCUT2D eigenvalue weighted by Gasteiger charge is -2.29. The topological polar surface area (TPSA) is 83.4 Å². The molecule has 0 aliphatic carbocycles. The van der Waals surface area contributed by atoms with E-state index in [1.54, 1.807) is 22.9 Å². The van der Waals surface area contributed by atoms with Crippen molar-refractivity contribution in [3.63, 3.8) is 0 Å². The smallest absolute Gasteiger partial charge is 0.270 e. The number of rotatable bonds is 5. The second-order valence-corrected chi connectivity index (χ2v) is 8.83. The Morgan fingerprint density at radius 2 is 1.75 bits per heavy atom. The average Bonchev–Trinajstić information content (AvgIpc) is 3.19. The van der Waals surface area contributed by atoms with Crippen LogP contribution >= 0.6 is 12.2 Å². The number of carbonyl (C=O) groups excluding carboxylic acids is 3. The van der Waals surface area contributed by atoms with E-state index < -0.39 is 11.8 Å². The number of amides is 3. The minimum atomic E-state index is -0.562. The molecular weight excluding hydrogens is 472 g/mol. The molecule has 0 spiro atoms. The van der Waals surface area contributed by atoms with Gasteiger partial charge in [0, 0.05) is 28.4 Å². The van der Waals surface area contributed by atoms with E-state index in [1.165, 1.54) is 4.90 Å². The van der Waals surface area contributed by atoms with Crippen LogP contribution in [0.2, 0.25) is 0 Å². The lowest BCUT2D eigenvalue weighted by Crippen LogP contribution is -2.54. The normalized spacial score (nSPS) is 14.9. The van der Waals surface area contributed by atoms with Gasteiger partial charge >= 0.3 is 0 Å². The Bertz CT molecular complexity index is 1560. The predicted octanol–water partition coefficient (Wildman–Crippen LogP) is 4.42. The highest BCUT2D eigenvalue weighted by atomic mass is 32.1. The van der Waals surface area contributed by atoms with Crippen LogP contribution < -0.4 is 15.5 Å². The Hall–Kier alpha value is -4.56. The molecule has 0 unspecified atom stereocenters. The molecule has 5 rings (SSSR count). The number of hydrogen-bond acceptors (Lipinski definition) is 4. The molecule has 3 aromatic carbocycles. The lowest BCUT2D eigenvalue weighted by atomic mass is 10.1. The average molecular weight is 495 g/mol. The van der Waals surface area contributed by atoms with Gasteiger partial charge in [-0.2, -0.15) is 0 Å². The van der Waals surface area contributed by atoms with E-state index in [4.69, 9.17) is 12.2 Å². The van der Waals surface area contributed by atoms with Crippen molar-refractivity contribution in [1.82, 2.24) is 9.88 Å². The van der Waals surface area contributed by atoms with E-state index in [2.05, 4.69) is 10.6 Å². The van der Waals surface area contributed by atoms with Gasteiger partial charge in [0.1, 0.15) is 12.1 Å². The van der Waals surface area contributed by atoms with Crippen LogP contribution in [0.1, 0.15) is 11.1 Å². The van der Waals surface area contributed by atoms with Gasteiger partial charge in [0.2, 0.25) is 5.91 Å².